The minimum absolute atomic E-state index is 0.0729. The monoisotopic (exact) mass is 521 g/mol. The Labute approximate surface area is 220 Å². The fourth-order valence-corrected chi connectivity index (χ4v) is 4.83. The predicted octanol–water partition coefficient (Wildman–Crippen LogP) is 4.01. The number of rotatable bonds is 12. The number of nitrogens with zero attached hydrogens (tertiary/aromatic N) is 2. The van der Waals surface area contributed by atoms with Crippen LogP contribution < -0.4 is 9.62 Å². The maximum atomic E-state index is 13.9. The molecule has 8 heteroatoms. The van der Waals surface area contributed by atoms with Gasteiger partial charge >= 0.3 is 0 Å². The average Bonchev–Trinajstić information content (AvgIpc) is 2.90. The maximum absolute atomic E-state index is 13.9. The molecule has 2 atom stereocenters. The third-order valence-electron chi connectivity index (χ3n) is 6.19. The molecule has 0 saturated heterocycles. The topological polar surface area (TPSA) is 86.8 Å². The molecule has 3 aromatic rings. The molecule has 0 saturated carbocycles. The number of sulfonamides is 1. The van der Waals surface area contributed by atoms with Gasteiger partial charge in [-0.2, -0.15) is 0 Å². The van der Waals surface area contributed by atoms with Crippen LogP contribution in [-0.4, -0.2) is 50.0 Å². The van der Waals surface area contributed by atoms with Crippen molar-refractivity contribution < 1.29 is 18.0 Å². The molecule has 3 aromatic carbocycles. The maximum Gasteiger partial charge on any atom is 0.244 e. The molecule has 0 spiro atoms. The van der Waals surface area contributed by atoms with Gasteiger partial charge in [0.2, 0.25) is 21.8 Å². The van der Waals surface area contributed by atoms with Gasteiger partial charge in [-0.25, -0.2) is 8.42 Å². The standard InChI is InChI=1S/C29H35N3O4S/c1-4-23(2)30-29(34)27(20-24-14-8-5-9-15-24)31(21-25-16-10-6-11-17-25)28(33)22-32(37(3,35)36)26-18-12-7-13-19-26/h5-19,23,27H,4,20-22H2,1-3H3,(H,30,34)/t23-,27-/m0/s1. The van der Waals surface area contributed by atoms with Crippen molar-refractivity contribution >= 4 is 27.5 Å². The summed E-state index contributed by atoms with van der Waals surface area (Å²) < 4.78 is 26.5. The molecule has 0 aromatic heterocycles. The van der Waals surface area contributed by atoms with Gasteiger partial charge in [-0.05, 0) is 36.6 Å². The third kappa shape index (κ3) is 8.18. The summed E-state index contributed by atoms with van der Waals surface area (Å²) in [6.45, 7) is 3.64. The highest BCUT2D eigenvalue weighted by molar-refractivity contribution is 7.92. The van der Waals surface area contributed by atoms with Crippen LogP contribution in [0.15, 0.2) is 91.0 Å². The average molecular weight is 522 g/mol. The summed E-state index contributed by atoms with van der Waals surface area (Å²) >= 11 is 0. The van der Waals surface area contributed by atoms with Crippen molar-refractivity contribution in [3.05, 3.63) is 102 Å². The highest BCUT2D eigenvalue weighted by Gasteiger charge is 2.33. The summed E-state index contributed by atoms with van der Waals surface area (Å²) in [6.07, 6.45) is 2.12. The van der Waals surface area contributed by atoms with Gasteiger partial charge in [-0.15, -0.1) is 0 Å². The summed E-state index contributed by atoms with van der Waals surface area (Å²) in [5.74, 6) is -0.730. The van der Waals surface area contributed by atoms with E-state index in [0.717, 1.165) is 28.1 Å². The zero-order chi connectivity index (χ0) is 26.8. The van der Waals surface area contributed by atoms with Crippen molar-refractivity contribution in [3.63, 3.8) is 0 Å². The molecular weight excluding hydrogens is 486 g/mol. The lowest BCUT2D eigenvalue weighted by molar-refractivity contribution is -0.140. The lowest BCUT2D eigenvalue weighted by Crippen LogP contribution is -2.54. The molecule has 0 bridgehead atoms. The Hall–Kier alpha value is -3.65. The zero-order valence-electron chi connectivity index (χ0n) is 21.6. The van der Waals surface area contributed by atoms with Crippen LogP contribution in [0.5, 0.6) is 0 Å². The first-order valence-electron chi connectivity index (χ1n) is 12.4. The number of amides is 2. The van der Waals surface area contributed by atoms with Gasteiger partial charge in [0.15, 0.2) is 0 Å². The largest absolute Gasteiger partial charge is 0.352 e. The number of carbonyl (C=O) groups excluding carboxylic acids is 2. The van der Waals surface area contributed by atoms with Gasteiger partial charge in [-0.1, -0.05) is 85.8 Å². The predicted molar refractivity (Wildman–Crippen MR) is 147 cm³/mol. The van der Waals surface area contributed by atoms with Gasteiger partial charge < -0.3 is 10.2 Å². The summed E-state index contributed by atoms with van der Waals surface area (Å²) in [5.41, 5.74) is 2.14. The summed E-state index contributed by atoms with van der Waals surface area (Å²) in [6, 6.07) is 26.5. The second-order valence-corrected chi connectivity index (χ2v) is 11.0. The molecule has 7 nitrogen and oxygen atoms in total. The van der Waals surface area contributed by atoms with Crippen LogP contribution in [0.1, 0.15) is 31.4 Å². The van der Waals surface area contributed by atoms with Crippen LogP contribution >= 0.6 is 0 Å². The number of carbonyl (C=O) groups is 2. The van der Waals surface area contributed by atoms with Crippen LogP contribution in [0.3, 0.4) is 0 Å². The van der Waals surface area contributed by atoms with E-state index in [9.17, 15) is 18.0 Å². The Kier molecular flexibility index (Phi) is 9.85. The highest BCUT2D eigenvalue weighted by Crippen LogP contribution is 2.20. The molecule has 0 unspecified atom stereocenters. The zero-order valence-corrected chi connectivity index (χ0v) is 22.4. The van der Waals surface area contributed by atoms with Gasteiger partial charge in [-0.3, -0.25) is 13.9 Å². The normalized spacial score (nSPS) is 12.8. The Balaban J connectivity index is 2.02. The molecule has 0 radical (unpaired) electrons. The van der Waals surface area contributed by atoms with Crippen LogP contribution in [-0.2, 0) is 32.6 Å². The van der Waals surface area contributed by atoms with Crippen molar-refractivity contribution in [2.24, 2.45) is 0 Å². The number of nitrogens with one attached hydrogen (secondary N) is 1. The Bertz CT molecular complexity index is 1250. The van der Waals surface area contributed by atoms with E-state index >= 15 is 0 Å². The molecule has 0 heterocycles. The summed E-state index contributed by atoms with van der Waals surface area (Å²) in [5, 5.41) is 3.02. The fraction of sp³-hybridized carbons (Fsp3) is 0.310. The van der Waals surface area contributed by atoms with E-state index in [1.807, 2.05) is 74.5 Å². The van der Waals surface area contributed by atoms with Gasteiger partial charge in [0.05, 0.1) is 11.9 Å². The molecule has 0 aliphatic heterocycles. The Morgan fingerprint density at radius 2 is 1.35 bits per heavy atom. The van der Waals surface area contributed by atoms with E-state index in [-0.39, 0.29) is 18.5 Å². The van der Waals surface area contributed by atoms with Crippen molar-refractivity contribution in [1.29, 1.82) is 0 Å². The van der Waals surface area contributed by atoms with E-state index in [1.54, 1.807) is 30.3 Å². The minimum atomic E-state index is -3.76. The van der Waals surface area contributed by atoms with Gasteiger partial charge in [0.25, 0.3) is 0 Å². The molecule has 3 rings (SSSR count). The number of benzene rings is 3. The first-order valence-corrected chi connectivity index (χ1v) is 14.2. The molecule has 37 heavy (non-hydrogen) atoms. The second-order valence-electron chi connectivity index (χ2n) is 9.14. The Morgan fingerprint density at radius 1 is 0.838 bits per heavy atom. The van der Waals surface area contributed by atoms with Crippen molar-refractivity contribution in [2.75, 3.05) is 17.1 Å². The van der Waals surface area contributed by atoms with E-state index in [4.69, 9.17) is 0 Å². The van der Waals surface area contributed by atoms with E-state index < -0.39 is 28.5 Å². The number of hydrogen-bond acceptors (Lipinski definition) is 4. The van der Waals surface area contributed by atoms with E-state index in [0.29, 0.717) is 12.1 Å². The van der Waals surface area contributed by atoms with Gasteiger partial charge in [0.1, 0.15) is 12.6 Å². The number of hydrogen-bond donors (Lipinski definition) is 1. The van der Waals surface area contributed by atoms with Crippen LogP contribution in [0.4, 0.5) is 5.69 Å². The summed E-state index contributed by atoms with van der Waals surface area (Å²) in [4.78, 5) is 29.0. The molecule has 196 valence electrons. The number of anilines is 1. The van der Waals surface area contributed by atoms with Crippen molar-refractivity contribution in [1.82, 2.24) is 10.2 Å². The molecule has 0 fully saturated rings. The minimum Gasteiger partial charge on any atom is -0.352 e. The molecule has 0 aliphatic carbocycles. The van der Waals surface area contributed by atoms with Crippen LogP contribution in [0.25, 0.3) is 0 Å². The first kappa shape index (κ1) is 27.9. The number of para-hydroxylation sites is 1. The van der Waals surface area contributed by atoms with Crippen LogP contribution in [0.2, 0.25) is 0 Å². The van der Waals surface area contributed by atoms with Crippen molar-refractivity contribution in [2.45, 2.75) is 45.3 Å². The van der Waals surface area contributed by atoms with E-state index in [1.165, 1.54) is 4.90 Å². The molecule has 2 amide bonds. The lowest BCUT2D eigenvalue weighted by Gasteiger charge is -2.34. The fourth-order valence-electron chi connectivity index (χ4n) is 3.98. The van der Waals surface area contributed by atoms with E-state index in [2.05, 4.69) is 5.32 Å². The third-order valence-corrected chi connectivity index (χ3v) is 7.33. The quantitative estimate of drug-likeness (QED) is 0.390. The smallest absolute Gasteiger partial charge is 0.244 e. The molecular formula is C29H35N3O4S. The Morgan fingerprint density at radius 3 is 1.86 bits per heavy atom. The SMILES string of the molecule is CC[C@H](C)NC(=O)[C@H](Cc1ccccc1)N(Cc1ccccc1)C(=O)CN(c1ccccc1)S(C)(=O)=O. The first-order chi connectivity index (χ1) is 17.7. The van der Waals surface area contributed by atoms with Crippen molar-refractivity contribution in [3.8, 4) is 0 Å². The lowest BCUT2D eigenvalue weighted by atomic mass is 10.0. The van der Waals surface area contributed by atoms with Crippen LogP contribution in [0, 0.1) is 0 Å². The summed E-state index contributed by atoms with van der Waals surface area (Å²) in [7, 11) is -3.76. The molecule has 0 aliphatic rings. The van der Waals surface area contributed by atoms with Gasteiger partial charge in [0, 0.05) is 19.0 Å². The molecule has 1 N–H and O–H groups in total. The second kappa shape index (κ2) is 13.1. The highest BCUT2D eigenvalue weighted by atomic mass is 32.2.